The number of nitrogens with zero attached hydrogens (tertiary/aromatic N) is 1. The molecule has 0 saturated carbocycles. The molecular weight excluding hydrogens is 350 g/mol. The zero-order valence-electron chi connectivity index (χ0n) is 12.7. The van der Waals surface area contributed by atoms with Crippen LogP contribution in [0.5, 0.6) is 0 Å². The highest BCUT2D eigenvalue weighted by Crippen LogP contribution is 2.41. The summed E-state index contributed by atoms with van der Waals surface area (Å²) in [7, 11) is -3.63. The molecule has 4 N–H and O–H groups in total. The quantitative estimate of drug-likeness (QED) is 0.594. The lowest BCUT2D eigenvalue weighted by Gasteiger charge is -2.22. The number of guanidine groups is 1. The minimum absolute atomic E-state index is 0.0806. The Bertz CT molecular complexity index is 1010. The van der Waals surface area contributed by atoms with Crippen LogP contribution in [-0.2, 0) is 15.6 Å². The number of hydrogen-bond acceptors (Lipinski definition) is 3. The number of aryl methyl sites for hydroxylation is 1. The van der Waals surface area contributed by atoms with Crippen molar-refractivity contribution in [2.45, 2.75) is 17.6 Å². The summed E-state index contributed by atoms with van der Waals surface area (Å²) in [6.07, 6.45) is 0. The molecule has 1 amide bonds. The normalized spacial score (nSPS) is 14.4. The molecule has 8 heteroatoms. The lowest BCUT2D eigenvalue weighted by atomic mass is 9.96. The second-order valence-corrected chi connectivity index (χ2v) is 7.90. The Morgan fingerprint density at radius 2 is 1.92 bits per heavy atom. The van der Waals surface area contributed by atoms with Gasteiger partial charge in [-0.05, 0) is 41.8 Å². The minimum Gasteiger partial charge on any atom is -0.370 e. The Balaban J connectivity index is 2.31. The summed E-state index contributed by atoms with van der Waals surface area (Å²) in [5.41, 5.74) is 13.0. The highest BCUT2D eigenvalue weighted by atomic mass is 35.5. The first-order chi connectivity index (χ1) is 11.2. The molecule has 6 nitrogen and oxygen atoms in total. The predicted molar refractivity (Wildman–Crippen MR) is 92.7 cm³/mol. The molecule has 2 aromatic rings. The molecule has 0 unspecified atom stereocenters. The zero-order chi connectivity index (χ0) is 17.6. The molecule has 0 spiro atoms. The Labute approximate surface area is 144 Å². The Kier molecular flexibility index (Phi) is 3.85. The van der Waals surface area contributed by atoms with Crippen LogP contribution in [0.15, 0.2) is 40.2 Å². The summed E-state index contributed by atoms with van der Waals surface area (Å²) >= 11 is 6.15. The lowest BCUT2D eigenvalue weighted by Crippen LogP contribution is -2.24. The average Bonchev–Trinajstić information content (AvgIpc) is 2.47. The van der Waals surface area contributed by atoms with Crippen molar-refractivity contribution >= 4 is 33.3 Å². The number of sulfone groups is 1. The first-order valence-electron chi connectivity index (χ1n) is 7.00. The van der Waals surface area contributed by atoms with Gasteiger partial charge in [0.15, 0.2) is 15.8 Å². The number of aliphatic imine (C=N–C) groups is 1. The number of rotatable bonds is 1. The van der Waals surface area contributed by atoms with E-state index in [1.807, 2.05) is 6.07 Å². The fourth-order valence-electron chi connectivity index (χ4n) is 2.79. The molecule has 24 heavy (non-hydrogen) atoms. The van der Waals surface area contributed by atoms with Crippen LogP contribution in [0.1, 0.15) is 21.5 Å². The van der Waals surface area contributed by atoms with Gasteiger partial charge in [-0.25, -0.2) is 8.42 Å². The number of amides is 1. The first-order valence-corrected chi connectivity index (χ1v) is 9.03. The van der Waals surface area contributed by atoms with Crippen molar-refractivity contribution in [2.75, 3.05) is 0 Å². The lowest BCUT2D eigenvalue weighted by molar-refractivity contribution is 0.100. The van der Waals surface area contributed by atoms with Crippen LogP contribution in [0.3, 0.4) is 0 Å². The Morgan fingerprint density at radius 3 is 2.58 bits per heavy atom. The molecule has 0 saturated heterocycles. The second kappa shape index (κ2) is 5.61. The molecule has 0 aliphatic carbocycles. The highest BCUT2D eigenvalue weighted by Gasteiger charge is 2.31. The predicted octanol–water partition coefficient (Wildman–Crippen LogP) is 2.02. The third-order valence-electron chi connectivity index (χ3n) is 3.87. The molecule has 124 valence electrons. The van der Waals surface area contributed by atoms with Gasteiger partial charge in [0.1, 0.15) is 0 Å². The molecule has 0 fully saturated rings. The fraction of sp³-hybridized carbons (Fsp3) is 0.125. The van der Waals surface area contributed by atoms with Gasteiger partial charge in [-0.2, -0.15) is 4.99 Å². The van der Waals surface area contributed by atoms with Crippen LogP contribution in [-0.4, -0.2) is 20.3 Å². The molecule has 3 rings (SSSR count). The molecule has 1 aliphatic heterocycles. The van der Waals surface area contributed by atoms with E-state index >= 15 is 0 Å². The third-order valence-corrected chi connectivity index (χ3v) is 5.90. The van der Waals surface area contributed by atoms with Crippen LogP contribution in [0.4, 0.5) is 0 Å². The smallest absolute Gasteiger partial charge is 0.280 e. The van der Waals surface area contributed by atoms with Gasteiger partial charge in [-0.3, -0.25) is 4.79 Å². The SMILES string of the molecule is Cc1cc2c(cc1C(=O)N=C(N)N)S(=O)(=O)Cc1c(Cl)cccc1-2. The summed E-state index contributed by atoms with van der Waals surface area (Å²) in [5, 5.41) is 0.403. The molecule has 0 aromatic heterocycles. The standard InChI is InChI=1S/C16H14ClN3O3S/c1-8-5-11-9-3-2-4-13(17)12(9)7-24(22,23)14(11)6-10(8)15(21)20-16(18)19/h2-6H,7H2,1H3,(H4,18,19,20,21). The summed E-state index contributed by atoms with van der Waals surface area (Å²) in [6, 6.07) is 8.21. The molecule has 1 heterocycles. The van der Waals surface area contributed by atoms with E-state index in [0.29, 0.717) is 21.7 Å². The number of benzene rings is 2. The fourth-order valence-corrected chi connectivity index (χ4v) is 4.76. The summed E-state index contributed by atoms with van der Waals surface area (Å²) < 4.78 is 25.3. The van der Waals surface area contributed by atoms with E-state index in [1.165, 1.54) is 6.07 Å². The number of nitrogens with two attached hydrogens (primary N) is 2. The van der Waals surface area contributed by atoms with E-state index in [1.54, 1.807) is 25.1 Å². The van der Waals surface area contributed by atoms with E-state index in [-0.39, 0.29) is 22.2 Å². The summed E-state index contributed by atoms with van der Waals surface area (Å²) in [6.45, 7) is 1.70. The van der Waals surface area contributed by atoms with Crippen molar-refractivity contribution in [3.63, 3.8) is 0 Å². The van der Waals surface area contributed by atoms with E-state index in [9.17, 15) is 13.2 Å². The number of hydrogen-bond donors (Lipinski definition) is 2. The average molecular weight is 364 g/mol. The van der Waals surface area contributed by atoms with Crippen LogP contribution in [0, 0.1) is 6.92 Å². The van der Waals surface area contributed by atoms with Crippen molar-refractivity contribution in [1.82, 2.24) is 0 Å². The Hall–Kier alpha value is -2.38. The number of carbonyl (C=O) groups excluding carboxylic acids is 1. The molecular formula is C16H14ClN3O3S. The van der Waals surface area contributed by atoms with Crippen molar-refractivity contribution in [3.8, 4) is 11.1 Å². The summed E-state index contributed by atoms with van der Waals surface area (Å²) in [5.74, 6) is -1.27. The molecule has 1 aliphatic rings. The zero-order valence-corrected chi connectivity index (χ0v) is 14.3. The minimum atomic E-state index is -3.63. The van der Waals surface area contributed by atoms with Crippen LogP contribution in [0.2, 0.25) is 5.02 Å². The van der Waals surface area contributed by atoms with E-state index in [0.717, 1.165) is 5.56 Å². The van der Waals surface area contributed by atoms with E-state index in [4.69, 9.17) is 23.1 Å². The molecule has 0 bridgehead atoms. The van der Waals surface area contributed by atoms with Crippen LogP contribution in [0.25, 0.3) is 11.1 Å². The highest BCUT2D eigenvalue weighted by molar-refractivity contribution is 7.91. The number of carbonyl (C=O) groups is 1. The van der Waals surface area contributed by atoms with Crippen molar-refractivity contribution in [1.29, 1.82) is 0 Å². The first kappa shape index (κ1) is 16.5. The van der Waals surface area contributed by atoms with Crippen LogP contribution < -0.4 is 11.5 Å². The van der Waals surface area contributed by atoms with Crippen molar-refractivity contribution < 1.29 is 13.2 Å². The number of fused-ring (bicyclic) bond motifs is 3. The monoisotopic (exact) mass is 363 g/mol. The van der Waals surface area contributed by atoms with Crippen molar-refractivity contribution in [2.24, 2.45) is 16.5 Å². The molecule has 0 radical (unpaired) electrons. The van der Waals surface area contributed by atoms with Gasteiger partial charge in [-0.1, -0.05) is 23.7 Å². The van der Waals surface area contributed by atoms with E-state index < -0.39 is 15.7 Å². The summed E-state index contributed by atoms with van der Waals surface area (Å²) in [4.78, 5) is 15.7. The topological polar surface area (TPSA) is 116 Å². The van der Waals surface area contributed by atoms with Crippen LogP contribution >= 0.6 is 11.6 Å². The van der Waals surface area contributed by atoms with Gasteiger partial charge in [0, 0.05) is 16.1 Å². The maximum atomic E-state index is 12.6. The van der Waals surface area contributed by atoms with E-state index in [2.05, 4.69) is 4.99 Å². The van der Waals surface area contributed by atoms with Gasteiger partial charge in [0.25, 0.3) is 5.91 Å². The third kappa shape index (κ3) is 2.65. The Morgan fingerprint density at radius 1 is 1.21 bits per heavy atom. The van der Waals surface area contributed by atoms with Gasteiger partial charge in [-0.15, -0.1) is 0 Å². The van der Waals surface area contributed by atoms with Gasteiger partial charge < -0.3 is 11.5 Å². The number of halogens is 1. The second-order valence-electron chi connectivity index (χ2n) is 5.53. The maximum Gasteiger partial charge on any atom is 0.280 e. The van der Waals surface area contributed by atoms with Gasteiger partial charge in [0.2, 0.25) is 0 Å². The molecule has 0 atom stereocenters. The van der Waals surface area contributed by atoms with Gasteiger partial charge >= 0.3 is 0 Å². The maximum absolute atomic E-state index is 12.6. The van der Waals surface area contributed by atoms with Gasteiger partial charge in [0.05, 0.1) is 10.6 Å². The largest absolute Gasteiger partial charge is 0.370 e. The van der Waals surface area contributed by atoms with Crippen molar-refractivity contribution in [3.05, 3.63) is 52.0 Å². The molecule has 2 aromatic carbocycles.